The predicted octanol–water partition coefficient (Wildman–Crippen LogP) is 2.34. The quantitative estimate of drug-likeness (QED) is 0.799. The summed E-state index contributed by atoms with van der Waals surface area (Å²) in [5, 5.41) is 11.7. The second-order valence-electron chi connectivity index (χ2n) is 6.51. The summed E-state index contributed by atoms with van der Waals surface area (Å²) in [6.45, 7) is 5.37. The van der Waals surface area contributed by atoms with Crippen LogP contribution < -0.4 is 0 Å². The molecule has 2 aromatic heterocycles. The summed E-state index contributed by atoms with van der Waals surface area (Å²) in [7, 11) is 0. The number of aryl methyl sites for hydroxylation is 1. The first-order chi connectivity index (χ1) is 12.1. The van der Waals surface area contributed by atoms with Crippen LogP contribution in [-0.2, 0) is 24.2 Å². The van der Waals surface area contributed by atoms with Crippen molar-refractivity contribution in [2.45, 2.75) is 33.2 Å². The van der Waals surface area contributed by atoms with Crippen LogP contribution in [0.15, 0.2) is 36.5 Å². The third kappa shape index (κ3) is 2.84. The van der Waals surface area contributed by atoms with Gasteiger partial charge in [-0.15, -0.1) is 0 Å². The zero-order chi connectivity index (χ0) is 17.4. The third-order valence-electron chi connectivity index (χ3n) is 4.92. The molecule has 6 nitrogen and oxygen atoms in total. The minimum atomic E-state index is 0.144. The maximum absolute atomic E-state index is 12.8. The molecule has 1 aromatic carbocycles. The van der Waals surface area contributed by atoms with Crippen molar-refractivity contribution in [2.75, 3.05) is 6.54 Å². The SMILES string of the molecule is Cc1nn(-c2ccccc2)c(C)c1CC(=O)N1CCc2[nH]ncc2C1. The number of nitrogens with zero attached hydrogens (tertiary/aromatic N) is 4. The largest absolute Gasteiger partial charge is 0.338 e. The van der Waals surface area contributed by atoms with Crippen LogP contribution in [0.2, 0.25) is 0 Å². The number of rotatable bonds is 3. The Balaban J connectivity index is 1.55. The van der Waals surface area contributed by atoms with Crippen LogP contribution in [0.25, 0.3) is 5.69 Å². The van der Waals surface area contributed by atoms with Gasteiger partial charge >= 0.3 is 0 Å². The van der Waals surface area contributed by atoms with Gasteiger partial charge in [-0.25, -0.2) is 4.68 Å². The molecule has 0 radical (unpaired) electrons. The second-order valence-corrected chi connectivity index (χ2v) is 6.51. The minimum Gasteiger partial charge on any atom is -0.338 e. The number of aromatic amines is 1. The van der Waals surface area contributed by atoms with Gasteiger partial charge in [0.05, 0.1) is 24.0 Å². The fraction of sp³-hybridized carbons (Fsp3) is 0.316. The first kappa shape index (κ1) is 15.6. The van der Waals surface area contributed by atoms with Gasteiger partial charge in [-0.3, -0.25) is 9.89 Å². The number of aromatic nitrogens is 4. The lowest BCUT2D eigenvalue weighted by Crippen LogP contribution is -2.36. The van der Waals surface area contributed by atoms with Crippen LogP contribution in [0, 0.1) is 13.8 Å². The van der Waals surface area contributed by atoms with Gasteiger partial charge in [0.15, 0.2) is 0 Å². The van der Waals surface area contributed by atoms with E-state index in [0.717, 1.165) is 46.9 Å². The molecule has 0 spiro atoms. The Bertz CT molecular complexity index is 909. The van der Waals surface area contributed by atoms with Gasteiger partial charge in [-0.05, 0) is 26.0 Å². The summed E-state index contributed by atoms with van der Waals surface area (Å²) in [6, 6.07) is 10.0. The van der Waals surface area contributed by atoms with Gasteiger partial charge in [0.25, 0.3) is 0 Å². The third-order valence-corrected chi connectivity index (χ3v) is 4.92. The summed E-state index contributed by atoms with van der Waals surface area (Å²) in [6.07, 6.45) is 3.04. The van der Waals surface area contributed by atoms with Gasteiger partial charge in [-0.1, -0.05) is 18.2 Å². The number of fused-ring (bicyclic) bond motifs is 1. The molecule has 0 fully saturated rings. The number of carbonyl (C=O) groups is 1. The van der Waals surface area contributed by atoms with Crippen LogP contribution >= 0.6 is 0 Å². The maximum atomic E-state index is 12.8. The van der Waals surface area contributed by atoms with Crippen LogP contribution in [0.5, 0.6) is 0 Å². The van der Waals surface area contributed by atoms with E-state index in [-0.39, 0.29) is 5.91 Å². The van der Waals surface area contributed by atoms with Crippen LogP contribution in [-0.4, -0.2) is 37.3 Å². The van der Waals surface area contributed by atoms with Crippen molar-refractivity contribution in [1.82, 2.24) is 24.9 Å². The highest BCUT2D eigenvalue weighted by Crippen LogP contribution is 2.21. The predicted molar refractivity (Wildman–Crippen MR) is 94.5 cm³/mol. The van der Waals surface area contributed by atoms with E-state index in [9.17, 15) is 4.79 Å². The fourth-order valence-corrected chi connectivity index (χ4v) is 3.45. The van der Waals surface area contributed by atoms with Gasteiger partial charge in [-0.2, -0.15) is 10.2 Å². The van der Waals surface area contributed by atoms with Gasteiger partial charge in [0, 0.05) is 42.0 Å². The molecule has 0 saturated carbocycles. The molecule has 128 valence electrons. The molecule has 0 saturated heterocycles. The van der Waals surface area contributed by atoms with E-state index in [1.807, 2.05) is 60.0 Å². The minimum absolute atomic E-state index is 0.144. The molecule has 1 aliphatic rings. The Labute approximate surface area is 146 Å². The number of amides is 1. The molecular formula is C19H21N5O. The molecule has 4 rings (SSSR count). The number of carbonyl (C=O) groups excluding carboxylic acids is 1. The van der Waals surface area contributed by atoms with E-state index in [1.54, 1.807) is 0 Å². The zero-order valence-corrected chi connectivity index (χ0v) is 14.5. The van der Waals surface area contributed by atoms with Gasteiger partial charge < -0.3 is 4.90 Å². The molecular weight excluding hydrogens is 314 g/mol. The highest BCUT2D eigenvalue weighted by molar-refractivity contribution is 5.79. The smallest absolute Gasteiger partial charge is 0.227 e. The zero-order valence-electron chi connectivity index (χ0n) is 14.5. The average Bonchev–Trinajstić information content (AvgIpc) is 3.21. The summed E-state index contributed by atoms with van der Waals surface area (Å²) in [5.74, 6) is 0.144. The number of benzene rings is 1. The van der Waals surface area contributed by atoms with Gasteiger partial charge in [0.1, 0.15) is 0 Å². The molecule has 0 bridgehead atoms. The lowest BCUT2D eigenvalue weighted by molar-refractivity contribution is -0.131. The molecule has 1 amide bonds. The number of hydrogen-bond acceptors (Lipinski definition) is 3. The molecule has 0 unspecified atom stereocenters. The fourth-order valence-electron chi connectivity index (χ4n) is 3.45. The van der Waals surface area contributed by atoms with Crippen LogP contribution in [0.1, 0.15) is 28.2 Å². The Kier molecular flexibility index (Phi) is 3.87. The molecule has 3 heterocycles. The topological polar surface area (TPSA) is 66.8 Å². The molecule has 6 heteroatoms. The van der Waals surface area contributed by atoms with Crippen molar-refractivity contribution in [3.8, 4) is 5.69 Å². The molecule has 25 heavy (non-hydrogen) atoms. The van der Waals surface area contributed by atoms with Crippen LogP contribution in [0.4, 0.5) is 0 Å². The Morgan fingerprint density at radius 3 is 2.84 bits per heavy atom. The standard InChI is InChI=1S/C19H21N5O/c1-13-17(14(2)24(22-13)16-6-4-3-5-7-16)10-19(25)23-9-8-18-15(12-23)11-20-21-18/h3-7,11H,8-10,12H2,1-2H3,(H,20,21). The lowest BCUT2D eigenvalue weighted by atomic mass is 10.1. The van der Waals surface area contributed by atoms with Crippen LogP contribution in [0.3, 0.4) is 0 Å². The van der Waals surface area contributed by atoms with Crippen molar-refractivity contribution in [3.63, 3.8) is 0 Å². The van der Waals surface area contributed by atoms with E-state index >= 15 is 0 Å². The lowest BCUT2D eigenvalue weighted by Gasteiger charge is -2.26. The summed E-state index contributed by atoms with van der Waals surface area (Å²) < 4.78 is 1.92. The Morgan fingerprint density at radius 1 is 1.24 bits per heavy atom. The summed E-state index contributed by atoms with van der Waals surface area (Å²) >= 11 is 0. The monoisotopic (exact) mass is 335 g/mol. The van der Waals surface area contributed by atoms with E-state index in [2.05, 4.69) is 15.3 Å². The van der Waals surface area contributed by atoms with Crippen molar-refractivity contribution in [2.24, 2.45) is 0 Å². The van der Waals surface area contributed by atoms with Gasteiger partial charge in [0.2, 0.25) is 5.91 Å². The first-order valence-electron chi connectivity index (χ1n) is 8.53. The highest BCUT2D eigenvalue weighted by atomic mass is 16.2. The van der Waals surface area contributed by atoms with E-state index in [4.69, 9.17) is 0 Å². The second kappa shape index (κ2) is 6.20. The van der Waals surface area contributed by atoms with Crippen molar-refractivity contribution in [1.29, 1.82) is 0 Å². The normalized spacial score (nSPS) is 13.8. The molecule has 0 atom stereocenters. The van der Waals surface area contributed by atoms with E-state index in [1.165, 1.54) is 0 Å². The molecule has 1 N–H and O–H groups in total. The number of H-pyrrole nitrogens is 1. The summed E-state index contributed by atoms with van der Waals surface area (Å²) in [5.41, 5.74) is 6.24. The maximum Gasteiger partial charge on any atom is 0.227 e. The van der Waals surface area contributed by atoms with E-state index < -0.39 is 0 Å². The average molecular weight is 335 g/mol. The Hall–Kier alpha value is -2.89. The number of para-hydroxylation sites is 1. The van der Waals surface area contributed by atoms with Crippen molar-refractivity contribution in [3.05, 3.63) is 64.7 Å². The first-order valence-corrected chi connectivity index (χ1v) is 8.53. The molecule has 1 aliphatic heterocycles. The van der Waals surface area contributed by atoms with Crippen molar-refractivity contribution < 1.29 is 4.79 Å². The Morgan fingerprint density at radius 2 is 2.04 bits per heavy atom. The number of hydrogen-bond donors (Lipinski definition) is 1. The highest BCUT2D eigenvalue weighted by Gasteiger charge is 2.24. The molecule has 0 aliphatic carbocycles. The summed E-state index contributed by atoms with van der Waals surface area (Å²) in [4.78, 5) is 14.7. The van der Waals surface area contributed by atoms with Crippen molar-refractivity contribution >= 4 is 5.91 Å². The number of nitrogens with one attached hydrogen (secondary N) is 1. The van der Waals surface area contributed by atoms with E-state index in [0.29, 0.717) is 13.0 Å². The molecule has 3 aromatic rings.